The van der Waals surface area contributed by atoms with E-state index in [2.05, 4.69) is 21.2 Å². The van der Waals surface area contributed by atoms with E-state index in [0.29, 0.717) is 6.42 Å². The number of carbonyl (C=O) groups is 2. The van der Waals surface area contributed by atoms with E-state index >= 15 is 0 Å². The van der Waals surface area contributed by atoms with Crippen LogP contribution in [0.5, 0.6) is 0 Å². The normalized spacial score (nSPS) is 22.7. The lowest BCUT2D eigenvalue weighted by Gasteiger charge is -2.40. The standard InChI is InChI=1S/C16H21BrN2O2/c1-5-12-15(20)18-14(9(2)3)16(21)19(12)13-7-6-10(4)8-11(13)17/h6-9,12,14H,5H2,1-4H3,(H,18,20). The first-order chi connectivity index (χ1) is 9.86. The lowest BCUT2D eigenvalue weighted by atomic mass is 9.96. The van der Waals surface area contributed by atoms with E-state index in [-0.39, 0.29) is 17.7 Å². The summed E-state index contributed by atoms with van der Waals surface area (Å²) >= 11 is 3.52. The summed E-state index contributed by atoms with van der Waals surface area (Å²) in [6.07, 6.45) is 0.586. The number of halogens is 1. The molecule has 1 saturated heterocycles. The summed E-state index contributed by atoms with van der Waals surface area (Å²) in [4.78, 5) is 26.8. The maximum absolute atomic E-state index is 12.8. The first-order valence-electron chi connectivity index (χ1n) is 7.26. The van der Waals surface area contributed by atoms with Crippen molar-refractivity contribution in [3.05, 3.63) is 28.2 Å². The summed E-state index contributed by atoms with van der Waals surface area (Å²) in [5.74, 6) is -0.0599. The first kappa shape index (κ1) is 16.0. The molecule has 0 spiro atoms. The highest BCUT2D eigenvalue weighted by atomic mass is 79.9. The molecular weight excluding hydrogens is 332 g/mol. The maximum Gasteiger partial charge on any atom is 0.250 e. The van der Waals surface area contributed by atoms with E-state index in [9.17, 15) is 9.59 Å². The lowest BCUT2D eigenvalue weighted by molar-refractivity contribution is -0.134. The Morgan fingerprint density at radius 2 is 2.00 bits per heavy atom. The van der Waals surface area contributed by atoms with Gasteiger partial charge in [-0.2, -0.15) is 0 Å². The fraction of sp³-hybridized carbons (Fsp3) is 0.500. The molecule has 1 fully saturated rings. The number of nitrogens with zero attached hydrogens (tertiary/aromatic N) is 1. The highest BCUT2D eigenvalue weighted by molar-refractivity contribution is 9.10. The number of amides is 2. The minimum Gasteiger partial charge on any atom is -0.342 e. The summed E-state index contributed by atoms with van der Waals surface area (Å²) in [6, 6.07) is 4.90. The highest BCUT2D eigenvalue weighted by Gasteiger charge is 2.42. The Morgan fingerprint density at radius 1 is 1.33 bits per heavy atom. The second kappa shape index (κ2) is 6.18. The smallest absolute Gasteiger partial charge is 0.250 e. The molecule has 1 aromatic rings. The number of aryl methyl sites for hydroxylation is 1. The number of rotatable bonds is 3. The van der Waals surface area contributed by atoms with Gasteiger partial charge in [0.2, 0.25) is 5.91 Å². The fourth-order valence-electron chi connectivity index (χ4n) is 2.65. The number of hydrogen-bond donors (Lipinski definition) is 1. The van der Waals surface area contributed by atoms with Crippen LogP contribution in [0.15, 0.2) is 22.7 Å². The summed E-state index contributed by atoms with van der Waals surface area (Å²) in [5, 5.41) is 2.85. The monoisotopic (exact) mass is 352 g/mol. The number of hydrogen-bond acceptors (Lipinski definition) is 2. The third kappa shape index (κ3) is 2.98. The van der Waals surface area contributed by atoms with Crippen molar-refractivity contribution in [2.24, 2.45) is 5.92 Å². The van der Waals surface area contributed by atoms with E-state index in [4.69, 9.17) is 0 Å². The zero-order valence-electron chi connectivity index (χ0n) is 12.8. The van der Waals surface area contributed by atoms with Gasteiger partial charge in [-0.05, 0) is 52.9 Å². The Morgan fingerprint density at radius 3 is 2.52 bits per heavy atom. The molecule has 2 rings (SSSR count). The number of benzene rings is 1. The van der Waals surface area contributed by atoms with E-state index < -0.39 is 12.1 Å². The van der Waals surface area contributed by atoms with Crippen molar-refractivity contribution in [1.82, 2.24) is 5.32 Å². The molecule has 1 N–H and O–H groups in total. The zero-order valence-corrected chi connectivity index (χ0v) is 14.4. The molecule has 0 radical (unpaired) electrons. The molecular formula is C16H21BrN2O2. The van der Waals surface area contributed by atoms with Crippen LogP contribution in [0, 0.1) is 12.8 Å². The molecule has 2 unspecified atom stereocenters. The summed E-state index contributed by atoms with van der Waals surface area (Å²) < 4.78 is 0.839. The molecule has 114 valence electrons. The molecule has 2 amide bonds. The Balaban J connectivity index is 2.49. The Labute approximate surface area is 134 Å². The van der Waals surface area contributed by atoms with Crippen LogP contribution in [0.4, 0.5) is 5.69 Å². The molecule has 1 aromatic carbocycles. The summed E-state index contributed by atoms with van der Waals surface area (Å²) in [5.41, 5.74) is 1.87. The molecule has 0 aliphatic carbocycles. The topological polar surface area (TPSA) is 49.4 Å². The summed E-state index contributed by atoms with van der Waals surface area (Å²) in [7, 11) is 0. The maximum atomic E-state index is 12.8. The molecule has 1 aliphatic heterocycles. The van der Waals surface area contributed by atoms with Crippen molar-refractivity contribution in [1.29, 1.82) is 0 Å². The molecule has 2 atom stereocenters. The molecule has 5 heteroatoms. The third-order valence-electron chi connectivity index (χ3n) is 3.83. The van der Waals surface area contributed by atoms with Crippen molar-refractivity contribution in [2.75, 3.05) is 4.90 Å². The minimum absolute atomic E-state index is 0.0407. The van der Waals surface area contributed by atoms with Gasteiger partial charge >= 0.3 is 0 Å². The molecule has 0 saturated carbocycles. The van der Waals surface area contributed by atoms with Crippen LogP contribution in [0.25, 0.3) is 0 Å². The predicted molar refractivity (Wildman–Crippen MR) is 87.2 cm³/mol. The van der Waals surface area contributed by atoms with Crippen molar-refractivity contribution in [2.45, 2.75) is 46.2 Å². The quantitative estimate of drug-likeness (QED) is 0.908. The van der Waals surface area contributed by atoms with Crippen LogP contribution in [0.3, 0.4) is 0 Å². The average Bonchev–Trinajstić information content (AvgIpc) is 2.41. The van der Waals surface area contributed by atoms with Crippen LogP contribution in [-0.4, -0.2) is 23.9 Å². The van der Waals surface area contributed by atoms with Crippen LogP contribution in [0.1, 0.15) is 32.8 Å². The van der Waals surface area contributed by atoms with Crippen LogP contribution in [0.2, 0.25) is 0 Å². The predicted octanol–water partition coefficient (Wildman–Crippen LogP) is 3.02. The van der Waals surface area contributed by atoms with Gasteiger partial charge in [0.1, 0.15) is 12.1 Å². The number of nitrogens with one attached hydrogen (secondary N) is 1. The van der Waals surface area contributed by atoms with Crippen molar-refractivity contribution in [3.63, 3.8) is 0 Å². The highest BCUT2D eigenvalue weighted by Crippen LogP contribution is 2.32. The Hall–Kier alpha value is -1.36. The molecule has 0 bridgehead atoms. The van der Waals surface area contributed by atoms with Crippen LogP contribution >= 0.6 is 15.9 Å². The Kier molecular flexibility index (Phi) is 4.71. The molecule has 1 aliphatic rings. The van der Waals surface area contributed by atoms with E-state index in [1.165, 1.54) is 0 Å². The molecule has 1 heterocycles. The van der Waals surface area contributed by atoms with E-state index in [1.54, 1.807) is 4.90 Å². The van der Waals surface area contributed by atoms with Gasteiger partial charge in [0.25, 0.3) is 5.91 Å². The second-order valence-corrected chi connectivity index (χ2v) is 6.67. The molecule has 0 aromatic heterocycles. The van der Waals surface area contributed by atoms with Gasteiger partial charge in [-0.1, -0.05) is 26.8 Å². The van der Waals surface area contributed by atoms with Gasteiger partial charge in [-0.25, -0.2) is 0 Å². The van der Waals surface area contributed by atoms with Crippen LogP contribution < -0.4 is 10.2 Å². The Bertz CT molecular complexity index is 571. The lowest BCUT2D eigenvalue weighted by Crippen LogP contribution is -2.65. The largest absolute Gasteiger partial charge is 0.342 e. The van der Waals surface area contributed by atoms with Crippen molar-refractivity contribution < 1.29 is 9.59 Å². The molecule has 21 heavy (non-hydrogen) atoms. The third-order valence-corrected chi connectivity index (χ3v) is 4.47. The van der Waals surface area contributed by atoms with Gasteiger partial charge in [-0.15, -0.1) is 0 Å². The zero-order chi connectivity index (χ0) is 15.7. The molecule has 4 nitrogen and oxygen atoms in total. The van der Waals surface area contributed by atoms with Gasteiger partial charge in [0.15, 0.2) is 0 Å². The van der Waals surface area contributed by atoms with Gasteiger partial charge < -0.3 is 5.32 Å². The minimum atomic E-state index is -0.464. The van der Waals surface area contributed by atoms with Crippen molar-refractivity contribution >= 4 is 33.4 Å². The average molecular weight is 353 g/mol. The van der Waals surface area contributed by atoms with E-state index in [0.717, 1.165) is 15.7 Å². The number of anilines is 1. The first-order valence-corrected chi connectivity index (χ1v) is 8.05. The SMILES string of the molecule is CCC1C(=O)NC(C(C)C)C(=O)N1c1ccc(C)cc1Br. The second-order valence-electron chi connectivity index (χ2n) is 5.82. The summed E-state index contributed by atoms with van der Waals surface area (Å²) in [6.45, 7) is 7.80. The fourth-order valence-corrected chi connectivity index (χ4v) is 3.33. The number of piperazine rings is 1. The van der Waals surface area contributed by atoms with Crippen LogP contribution in [-0.2, 0) is 9.59 Å². The van der Waals surface area contributed by atoms with Gasteiger partial charge in [0.05, 0.1) is 5.69 Å². The van der Waals surface area contributed by atoms with Crippen molar-refractivity contribution in [3.8, 4) is 0 Å². The number of carbonyl (C=O) groups excluding carboxylic acids is 2. The van der Waals surface area contributed by atoms with Gasteiger partial charge in [-0.3, -0.25) is 14.5 Å². The van der Waals surface area contributed by atoms with Gasteiger partial charge in [0, 0.05) is 4.47 Å². The van der Waals surface area contributed by atoms with E-state index in [1.807, 2.05) is 45.9 Å².